The molecule has 0 bridgehead atoms. The van der Waals surface area contributed by atoms with E-state index in [0.29, 0.717) is 9.27 Å². The molecule has 1 aliphatic rings. The van der Waals surface area contributed by atoms with Crippen LogP contribution in [0.5, 0.6) is 0 Å². The minimum atomic E-state index is -4.06. The van der Waals surface area contributed by atoms with Crippen LogP contribution in [-0.4, -0.2) is 20.5 Å². The van der Waals surface area contributed by atoms with Crippen molar-refractivity contribution >= 4 is 20.0 Å². The molecule has 110 valence electrons. The molecule has 0 aromatic heterocycles. The second-order valence-corrected chi connectivity index (χ2v) is 8.57. The van der Waals surface area contributed by atoms with Crippen LogP contribution in [0.4, 0.5) is 0 Å². The first kappa shape index (κ1) is 14.2. The lowest BCUT2D eigenvalue weighted by Gasteiger charge is -2.21. The van der Waals surface area contributed by atoms with Crippen molar-refractivity contribution in [2.75, 3.05) is 0 Å². The zero-order chi connectivity index (χ0) is 15.3. The summed E-state index contributed by atoms with van der Waals surface area (Å²) in [7, 11) is -8.11. The standard InChI is InChI=1S/C14H13NO4S2/c1-11(12-7-3-2-4-8-12)15-20(16,17)13-9-5-6-10-14(13)21(15,18)19/h2-11H,1H3/t11-/m0/s1. The molecule has 3 rings (SSSR count). The summed E-state index contributed by atoms with van der Waals surface area (Å²) >= 11 is 0. The monoisotopic (exact) mass is 323 g/mol. The van der Waals surface area contributed by atoms with Crippen LogP contribution in [-0.2, 0) is 20.0 Å². The molecule has 0 saturated carbocycles. The molecule has 0 N–H and O–H groups in total. The average Bonchev–Trinajstić information content (AvgIpc) is 2.63. The van der Waals surface area contributed by atoms with Crippen molar-refractivity contribution in [3.63, 3.8) is 0 Å². The van der Waals surface area contributed by atoms with E-state index < -0.39 is 26.1 Å². The van der Waals surface area contributed by atoms with Gasteiger partial charge in [0.15, 0.2) is 0 Å². The van der Waals surface area contributed by atoms with Crippen LogP contribution < -0.4 is 0 Å². The highest BCUT2D eigenvalue weighted by Gasteiger charge is 2.49. The number of fused-ring (bicyclic) bond motifs is 1. The Hall–Kier alpha value is -1.70. The zero-order valence-corrected chi connectivity index (χ0v) is 12.8. The average molecular weight is 323 g/mol. The Morgan fingerprint density at radius 3 is 1.67 bits per heavy atom. The van der Waals surface area contributed by atoms with Crippen molar-refractivity contribution in [1.29, 1.82) is 0 Å². The number of hydrogen-bond acceptors (Lipinski definition) is 4. The lowest BCUT2D eigenvalue weighted by atomic mass is 10.1. The summed E-state index contributed by atoms with van der Waals surface area (Å²) in [5.41, 5.74) is 0.623. The quantitative estimate of drug-likeness (QED) is 0.849. The van der Waals surface area contributed by atoms with E-state index in [0.717, 1.165) is 0 Å². The molecule has 1 heterocycles. The summed E-state index contributed by atoms with van der Waals surface area (Å²) in [5.74, 6) is 0. The van der Waals surface area contributed by atoms with Crippen molar-refractivity contribution in [3.8, 4) is 0 Å². The van der Waals surface area contributed by atoms with Crippen LogP contribution in [0.3, 0.4) is 0 Å². The molecular weight excluding hydrogens is 310 g/mol. The third-order valence-electron chi connectivity index (χ3n) is 3.48. The summed E-state index contributed by atoms with van der Waals surface area (Å²) < 4.78 is 50.8. The molecule has 0 spiro atoms. The van der Waals surface area contributed by atoms with Gasteiger partial charge >= 0.3 is 0 Å². The fourth-order valence-electron chi connectivity index (χ4n) is 2.47. The largest absolute Gasteiger partial charge is 0.258 e. The van der Waals surface area contributed by atoms with Gasteiger partial charge in [0.25, 0.3) is 20.0 Å². The summed E-state index contributed by atoms with van der Waals surface area (Å²) in [4.78, 5) is -0.319. The maximum atomic E-state index is 12.6. The van der Waals surface area contributed by atoms with Crippen molar-refractivity contribution in [2.45, 2.75) is 22.8 Å². The molecule has 2 aromatic rings. The fraction of sp³-hybridized carbons (Fsp3) is 0.143. The van der Waals surface area contributed by atoms with Gasteiger partial charge in [0.2, 0.25) is 0 Å². The van der Waals surface area contributed by atoms with E-state index in [1.807, 2.05) is 0 Å². The molecule has 1 atom stereocenters. The van der Waals surface area contributed by atoms with Gasteiger partial charge in [0.05, 0.1) is 6.04 Å². The Balaban J connectivity index is 2.22. The van der Waals surface area contributed by atoms with Gasteiger partial charge in [-0.2, -0.15) is 0 Å². The SMILES string of the molecule is C[C@@H](c1ccccc1)N1S(=O)(=O)c2ccccc2S1(=O)=O. The number of hydrogen-bond donors (Lipinski definition) is 0. The molecule has 0 radical (unpaired) electrons. The van der Waals surface area contributed by atoms with Gasteiger partial charge in [0, 0.05) is 0 Å². The first-order chi connectivity index (χ1) is 9.87. The second-order valence-electron chi connectivity index (χ2n) is 4.77. The van der Waals surface area contributed by atoms with E-state index in [9.17, 15) is 16.8 Å². The lowest BCUT2D eigenvalue weighted by Crippen LogP contribution is -2.32. The topological polar surface area (TPSA) is 71.5 Å². The van der Waals surface area contributed by atoms with E-state index in [1.165, 1.54) is 24.3 Å². The van der Waals surface area contributed by atoms with Crippen LogP contribution in [0.15, 0.2) is 64.4 Å². The maximum Gasteiger partial charge on any atom is 0.258 e. The summed E-state index contributed by atoms with van der Waals surface area (Å²) in [5, 5.41) is 0. The van der Waals surface area contributed by atoms with Gasteiger partial charge in [-0.1, -0.05) is 46.2 Å². The first-order valence-electron chi connectivity index (χ1n) is 6.30. The highest BCUT2D eigenvalue weighted by molar-refractivity contribution is 8.06. The first-order valence-corrected chi connectivity index (χ1v) is 9.18. The molecule has 1 aliphatic heterocycles. The normalized spacial score (nSPS) is 20.8. The molecule has 0 amide bonds. The van der Waals surface area contributed by atoms with E-state index in [1.54, 1.807) is 37.3 Å². The van der Waals surface area contributed by atoms with Gasteiger partial charge in [-0.25, -0.2) is 16.8 Å². The number of sulfonamides is 2. The lowest BCUT2D eigenvalue weighted by molar-refractivity contribution is 0.458. The van der Waals surface area contributed by atoms with Gasteiger partial charge < -0.3 is 0 Å². The van der Waals surface area contributed by atoms with Gasteiger partial charge in [-0.15, -0.1) is 0 Å². The second kappa shape index (κ2) is 4.66. The van der Waals surface area contributed by atoms with Gasteiger partial charge in [0.1, 0.15) is 9.79 Å². The van der Waals surface area contributed by atoms with E-state index in [4.69, 9.17) is 0 Å². The predicted octanol–water partition coefficient (Wildman–Crippen LogP) is 2.14. The molecule has 2 aromatic carbocycles. The molecule has 0 saturated heterocycles. The van der Waals surface area contributed by atoms with Crippen molar-refractivity contribution in [1.82, 2.24) is 3.71 Å². The summed E-state index contributed by atoms with van der Waals surface area (Å²) in [6, 6.07) is 13.6. The number of nitrogens with zero attached hydrogens (tertiary/aromatic N) is 1. The van der Waals surface area contributed by atoms with Crippen LogP contribution in [0.2, 0.25) is 0 Å². The molecule has 0 unspecified atom stereocenters. The predicted molar refractivity (Wildman–Crippen MR) is 77.5 cm³/mol. The van der Waals surface area contributed by atoms with Gasteiger partial charge in [-0.05, 0) is 24.6 Å². The van der Waals surface area contributed by atoms with Crippen molar-refractivity contribution in [3.05, 3.63) is 60.2 Å². The third kappa shape index (κ3) is 2.00. The highest BCUT2D eigenvalue weighted by atomic mass is 32.3. The molecule has 0 aliphatic carbocycles. The molecule has 5 nitrogen and oxygen atoms in total. The Morgan fingerprint density at radius 2 is 1.19 bits per heavy atom. The fourth-order valence-corrected chi connectivity index (χ4v) is 7.23. The Bertz CT molecular complexity index is 837. The zero-order valence-electron chi connectivity index (χ0n) is 11.2. The molecule has 21 heavy (non-hydrogen) atoms. The third-order valence-corrected chi connectivity index (χ3v) is 8.19. The Kier molecular flexibility index (Phi) is 3.16. The molecule has 0 fully saturated rings. The minimum absolute atomic E-state index is 0.159. The minimum Gasteiger partial charge on any atom is -0.206 e. The van der Waals surface area contributed by atoms with E-state index in [-0.39, 0.29) is 9.79 Å². The molecular formula is C14H13NO4S2. The van der Waals surface area contributed by atoms with E-state index in [2.05, 4.69) is 0 Å². The number of benzene rings is 2. The van der Waals surface area contributed by atoms with Crippen molar-refractivity contribution < 1.29 is 16.8 Å². The van der Waals surface area contributed by atoms with Gasteiger partial charge in [-0.3, -0.25) is 0 Å². The van der Waals surface area contributed by atoms with Crippen LogP contribution in [0.25, 0.3) is 0 Å². The maximum absolute atomic E-state index is 12.6. The summed E-state index contributed by atoms with van der Waals surface area (Å²) in [6.45, 7) is 1.57. The van der Waals surface area contributed by atoms with E-state index >= 15 is 0 Å². The Labute approximate surface area is 123 Å². The molecule has 7 heteroatoms. The van der Waals surface area contributed by atoms with Crippen LogP contribution in [0.1, 0.15) is 18.5 Å². The smallest absolute Gasteiger partial charge is 0.206 e. The highest BCUT2D eigenvalue weighted by Crippen LogP contribution is 2.41. The van der Waals surface area contributed by atoms with Crippen LogP contribution in [0, 0.1) is 0 Å². The Morgan fingerprint density at radius 1 is 0.762 bits per heavy atom. The van der Waals surface area contributed by atoms with Crippen molar-refractivity contribution in [2.24, 2.45) is 0 Å². The number of rotatable bonds is 2. The van der Waals surface area contributed by atoms with Crippen LogP contribution >= 0.6 is 0 Å². The summed E-state index contributed by atoms with van der Waals surface area (Å²) in [6.07, 6.45) is 0.